The SMILES string of the molecule is CCOC(=N)c1ccc2occc2n1. The number of hydrogen-bond acceptors (Lipinski definition) is 4. The van der Waals surface area contributed by atoms with Crippen molar-refractivity contribution in [3.63, 3.8) is 0 Å². The van der Waals surface area contributed by atoms with Crippen LogP contribution in [0.3, 0.4) is 0 Å². The van der Waals surface area contributed by atoms with Gasteiger partial charge in [-0.25, -0.2) is 4.98 Å². The molecule has 72 valence electrons. The molecule has 1 N–H and O–H groups in total. The van der Waals surface area contributed by atoms with E-state index in [1.807, 2.05) is 6.92 Å². The summed E-state index contributed by atoms with van der Waals surface area (Å²) in [6.07, 6.45) is 1.58. The summed E-state index contributed by atoms with van der Waals surface area (Å²) in [4.78, 5) is 4.21. The van der Waals surface area contributed by atoms with Crippen molar-refractivity contribution in [3.8, 4) is 0 Å². The number of nitrogens with one attached hydrogen (secondary N) is 1. The van der Waals surface area contributed by atoms with Gasteiger partial charge in [0.1, 0.15) is 11.2 Å². The van der Waals surface area contributed by atoms with Gasteiger partial charge < -0.3 is 9.15 Å². The number of aromatic nitrogens is 1. The summed E-state index contributed by atoms with van der Waals surface area (Å²) in [6, 6.07) is 5.26. The molecule has 0 bridgehead atoms. The fourth-order valence-electron chi connectivity index (χ4n) is 1.20. The predicted octanol–water partition coefficient (Wildman–Crippen LogP) is 2.19. The first-order valence-corrected chi connectivity index (χ1v) is 4.37. The molecule has 0 saturated carbocycles. The number of pyridine rings is 1. The van der Waals surface area contributed by atoms with Gasteiger partial charge >= 0.3 is 0 Å². The topological polar surface area (TPSA) is 59.1 Å². The van der Waals surface area contributed by atoms with E-state index in [1.54, 1.807) is 24.5 Å². The Morgan fingerprint density at radius 1 is 1.50 bits per heavy atom. The third-order valence-corrected chi connectivity index (χ3v) is 1.83. The minimum absolute atomic E-state index is 0.0931. The van der Waals surface area contributed by atoms with Gasteiger partial charge in [-0.2, -0.15) is 0 Å². The van der Waals surface area contributed by atoms with E-state index in [4.69, 9.17) is 14.6 Å². The fraction of sp³-hybridized carbons (Fsp3) is 0.200. The molecule has 0 aliphatic carbocycles. The quantitative estimate of drug-likeness (QED) is 0.583. The van der Waals surface area contributed by atoms with E-state index in [0.29, 0.717) is 12.3 Å². The molecule has 0 aromatic carbocycles. The summed E-state index contributed by atoms with van der Waals surface area (Å²) in [5.74, 6) is 0.0931. The smallest absolute Gasteiger partial charge is 0.232 e. The molecular weight excluding hydrogens is 180 g/mol. The molecule has 14 heavy (non-hydrogen) atoms. The highest BCUT2D eigenvalue weighted by Gasteiger charge is 2.05. The van der Waals surface area contributed by atoms with Crippen molar-refractivity contribution in [1.82, 2.24) is 4.98 Å². The van der Waals surface area contributed by atoms with Gasteiger partial charge in [-0.15, -0.1) is 0 Å². The van der Waals surface area contributed by atoms with Crippen molar-refractivity contribution in [2.24, 2.45) is 0 Å². The fourth-order valence-corrected chi connectivity index (χ4v) is 1.20. The van der Waals surface area contributed by atoms with Crippen molar-refractivity contribution in [1.29, 1.82) is 5.41 Å². The van der Waals surface area contributed by atoms with Crippen LogP contribution < -0.4 is 0 Å². The van der Waals surface area contributed by atoms with E-state index >= 15 is 0 Å². The van der Waals surface area contributed by atoms with Crippen LogP contribution in [-0.2, 0) is 4.74 Å². The van der Waals surface area contributed by atoms with Crippen LogP contribution in [0.25, 0.3) is 11.1 Å². The summed E-state index contributed by atoms with van der Waals surface area (Å²) < 4.78 is 10.2. The van der Waals surface area contributed by atoms with E-state index in [2.05, 4.69) is 4.98 Å². The second-order valence-corrected chi connectivity index (χ2v) is 2.76. The van der Waals surface area contributed by atoms with E-state index in [0.717, 1.165) is 11.1 Å². The zero-order chi connectivity index (χ0) is 9.97. The summed E-state index contributed by atoms with van der Waals surface area (Å²) in [6.45, 7) is 2.31. The number of rotatable bonds is 2. The van der Waals surface area contributed by atoms with Gasteiger partial charge in [0.15, 0.2) is 5.58 Å². The number of nitrogens with zero attached hydrogens (tertiary/aromatic N) is 1. The molecule has 0 radical (unpaired) electrons. The van der Waals surface area contributed by atoms with Gasteiger partial charge in [-0.05, 0) is 19.1 Å². The Bertz CT molecular complexity index is 462. The van der Waals surface area contributed by atoms with Crippen LogP contribution in [0, 0.1) is 5.41 Å². The summed E-state index contributed by atoms with van der Waals surface area (Å²) >= 11 is 0. The molecule has 0 aliphatic rings. The number of furan rings is 1. The van der Waals surface area contributed by atoms with Crippen LogP contribution in [0.15, 0.2) is 28.9 Å². The van der Waals surface area contributed by atoms with E-state index in [9.17, 15) is 0 Å². The van der Waals surface area contributed by atoms with Crippen molar-refractivity contribution in [2.75, 3.05) is 6.61 Å². The standard InChI is InChI=1S/C10H10N2O2/c1-2-13-10(11)8-3-4-9-7(12-8)5-6-14-9/h3-6,11H,2H2,1H3. The molecule has 4 heteroatoms. The molecular formula is C10H10N2O2. The third kappa shape index (κ3) is 1.46. The molecule has 2 rings (SSSR count). The molecule has 2 aromatic rings. The zero-order valence-electron chi connectivity index (χ0n) is 7.78. The maximum atomic E-state index is 7.54. The molecule has 0 atom stereocenters. The third-order valence-electron chi connectivity index (χ3n) is 1.83. The number of ether oxygens (including phenoxy) is 1. The normalized spacial score (nSPS) is 10.4. The monoisotopic (exact) mass is 190 g/mol. The molecule has 4 nitrogen and oxygen atoms in total. The molecule has 0 aliphatic heterocycles. The first kappa shape index (κ1) is 8.74. The molecule has 2 heterocycles. The Hall–Kier alpha value is -1.84. The minimum Gasteiger partial charge on any atom is -0.477 e. The Kier molecular flexibility index (Phi) is 2.18. The Labute approximate surface area is 81.0 Å². The van der Waals surface area contributed by atoms with Crippen LogP contribution in [0.4, 0.5) is 0 Å². The molecule has 2 aromatic heterocycles. The van der Waals surface area contributed by atoms with Crippen molar-refractivity contribution >= 4 is 17.0 Å². The number of fused-ring (bicyclic) bond motifs is 1. The van der Waals surface area contributed by atoms with Crippen molar-refractivity contribution in [2.45, 2.75) is 6.92 Å². The van der Waals surface area contributed by atoms with E-state index in [1.165, 1.54) is 0 Å². The number of hydrogen-bond donors (Lipinski definition) is 1. The van der Waals surface area contributed by atoms with Gasteiger partial charge in [-0.3, -0.25) is 5.41 Å². The highest BCUT2D eigenvalue weighted by atomic mass is 16.5. The van der Waals surface area contributed by atoms with Crippen LogP contribution in [-0.4, -0.2) is 17.5 Å². The summed E-state index contributed by atoms with van der Waals surface area (Å²) in [5, 5.41) is 7.54. The largest absolute Gasteiger partial charge is 0.477 e. The van der Waals surface area contributed by atoms with E-state index in [-0.39, 0.29) is 5.90 Å². The highest BCUT2D eigenvalue weighted by Crippen LogP contribution is 2.13. The Morgan fingerprint density at radius 2 is 2.36 bits per heavy atom. The summed E-state index contributed by atoms with van der Waals surface area (Å²) in [5.41, 5.74) is 1.99. The Balaban J connectivity index is 2.38. The average molecular weight is 190 g/mol. The lowest BCUT2D eigenvalue weighted by Crippen LogP contribution is -2.06. The van der Waals surface area contributed by atoms with Gasteiger partial charge in [0.2, 0.25) is 5.90 Å². The molecule has 0 unspecified atom stereocenters. The van der Waals surface area contributed by atoms with Gasteiger partial charge in [-0.1, -0.05) is 0 Å². The van der Waals surface area contributed by atoms with Gasteiger partial charge in [0.05, 0.1) is 12.9 Å². The maximum Gasteiger partial charge on any atom is 0.232 e. The first-order chi connectivity index (χ1) is 6.81. The van der Waals surface area contributed by atoms with Gasteiger partial charge in [0.25, 0.3) is 0 Å². The molecule has 0 fully saturated rings. The van der Waals surface area contributed by atoms with E-state index < -0.39 is 0 Å². The van der Waals surface area contributed by atoms with Gasteiger partial charge in [0, 0.05) is 6.07 Å². The molecule has 0 spiro atoms. The second kappa shape index (κ2) is 3.49. The Morgan fingerprint density at radius 3 is 3.14 bits per heavy atom. The first-order valence-electron chi connectivity index (χ1n) is 4.37. The molecule has 0 amide bonds. The van der Waals surface area contributed by atoms with Crippen LogP contribution in [0.1, 0.15) is 12.6 Å². The summed E-state index contributed by atoms with van der Waals surface area (Å²) in [7, 11) is 0. The van der Waals surface area contributed by atoms with Crippen molar-refractivity contribution in [3.05, 3.63) is 30.2 Å². The molecule has 0 saturated heterocycles. The minimum atomic E-state index is 0.0931. The van der Waals surface area contributed by atoms with Crippen molar-refractivity contribution < 1.29 is 9.15 Å². The lowest BCUT2D eigenvalue weighted by Gasteiger charge is -2.02. The van der Waals surface area contributed by atoms with Crippen LogP contribution in [0.2, 0.25) is 0 Å². The lowest BCUT2D eigenvalue weighted by molar-refractivity contribution is 0.324. The predicted molar refractivity (Wildman–Crippen MR) is 52.5 cm³/mol. The highest BCUT2D eigenvalue weighted by molar-refractivity contribution is 5.91. The zero-order valence-corrected chi connectivity index (χ0v) is 7.78. The second-order valence-electron chi connectivity index (χ2n) is 2.76. The van der Waals surface area contributed by atoms with Crippen LogP contribution >= 0.6 is 0 Å². The van der Waals surface area contributed by atoms with Crippen LogP contribution in [0.5, 0.6) is 0 Å². The average Bonchev–Trinajstić information content (AvgIpc) is 2.64. The maximum absolute atomic E-state index is 7.54. The lowest BCUT2D eigenvalue weighted by atomic mass is 10.3.